The van der Waals surface area contributed by atoms with Crippen LogP contribution >= 0.6 is 0 Å². The van der Waals surface area contributed by atoms with Crippen molar-refractivity contribution in [3.63, 3.8) is 0 Å². The summed E-state index contributed by atoms with van der Waals surface area (Å²) in [5.41, 5.74) is 18.4. The van der Waals surface area contributed by atoms with Crippen molar-refractivity contribution >= 4 is 71.6 Å². The number of fused-ring (bicyclic) bond motifs is 12. The first-order chi connectivity index (χ1) is 24.2. The molecule has 3 heterocycles. The van der Waals surface area contributed by atoms with E-state index in [-0.39, 0.29) is 5.92 Å². The van der Waals surface area contributed by atoms with Crippen LogP contribution in [0, 0.1) is 0 Å². The molecule has 0 spiro atoms. The number of para-hydroxylation sites is 2. The maximum absolute atomic E-state index is 6.63. The molecule has 1 aliphatic carbocycles. The molecule has 0 N–H and O–H groups in total. The highest BCUT2D eigenvalue weighted by molar-refractivity contribution is 6.21. The Labute approximate surface area is 281 Å². The van der Waals surface area contributed by atoms with Crippen LogP contribution in [0.3, 0.4) is 0 Å². The van der Waals surface area contributed by atoms with Gasteiger partial charge in [0.05, 0.1) is 11.4 Å². The molecule has 9 aromatic rings. The quantitative estimate of drug-likeness (QED) is 0.179. The molecule has 0 saturated carbocycles. The fraction of sp³-hybridized carbons (Fsp3) is 0.0435. The van der Waals surface area contributed by atoms with Crippen LogP contribution in [-0.2, 0) is 0 Å². The molecule has 0 radical (unpaired) electrons. The third-order valence-corrected chi connectivity index (χ3v) is 10.5. The molecule has 7 aromatic carbocycles. The van der Waals surface area contributed by atoms with Crippen molar-refractivity contribution in [2.45, 2.75) is 12.8 Å². The van der Waals surface area contributed by atoms with Gasteiger partial charge in [0, 0.05) is 49.7 Å². The van der Waals surface area contributed by atoms with Crippen LogP contribution in [0.2, 0.25) is 0 Å². The van der Waals surface area contributed by atoms with E-state index >= 15 is 0 Å². The molecule has 1 unspecified atom stereocenters. The van der Waals surface area contributed by atoms with Crippen molar-refractivity contribution in [1.82, 2.24) is 0 Å². The van der Waals surface area contributed by atoms with Gasteiger partial charge in [-0.15, -0.1) is 5.73 Å². The molecular formula is C46H27NO2. The summed E-state index contributed by atoms with van der Waals surface area (Å²) in [5.74, 6) is -0.102. The van der Waals surface area contributed by atoms with E-state index in [0.29, 0.717) is 0 Å². The molecular weight excluding hydrogens is 599 g/mol. The predicted molar refractivity (Wildman–Crippen MR) is 201 cm³/mol. The third kappa shape index (κ3) is 3.76. The van der Waals surface area contributed by atoms with Gasteiger partial charge in [0.2, 0.25) is 0 Å². The van der Waals surface area contributed by atoms with Crippen molar-refractivity contribution in [1.29, 1.82) is 0 Å². The fourth-order valence-corrected chi connectivity index (χ4v) is 8.25. The Bertz CT molecular complexity index is 3000. The molecule has 49 heavy (non-hydrogen) atoms. The van der Waals surface area contributed by atoms with Crippen molar-refractivity contribution < 1.29 is 8.83 Å². The van der Waals surface area contributed by atoms with E-state index in [2.05, 4.69) is 140 Å². The van der Waals surface area contributed by atoms with E-state index in [0.717, 1.165) is 77.5 Å². The smallest absolute Gasteiger partial charge is 0.136 e. The number of nitrogens with zero attached hydrogens (tertiary/aromatic N) is 1. The van der Waals surface area contributed by atoms with E-state index in [1.165, 1.54) is 33.0 Å². The summed E-state index contributed by atoms with van der Waals surface area (Å²) in [6.45, 7) is 2.15. The Morgan fingerprint density at radius 2 is 1.27 bits per heavy atom. The van der Waals surface area contributed by atoms with Crippen molar-refractivity contribution in [2.24, 2.45) is 4.99 Å². The molecule has 0 amide bonds. The van der Waals surface area contributed by atoms with E-state index in [9.17, 15) is 0 Å². The molecule has 1 aliphatic heterocycles. The van der Waals surface area contributed by atoms with Crippen LogP contribution < -0.4 is 0 Å². The minimum Gasteiger partial charge on any atom is -0.456 e. The lowest BCUT2D eigenvalue weighted by Gasteiger charge is -2.18. The third-order valence-electron chi connectivity index (χ3n) is 10.5. The zero-order valence-corrected chi connectivity index (χ0v) is 26.6. The SMILES string of the molecule is CC1=C=C(C2c3ccccc3-c3cc4c(cc32)oc2ccc3ccccc3c24)C(c2ccc3c(c2)oc2ccccc23)=Nc2ccccc21. The second kappa shape index (κ2) is 9.81. The Balaban J connectivity index is 1.19. The van der Waals surface area contributed by atoms with Crippen LogP contribution in [-0.4, -0.2) is 5.71 Å². The van der Waals surface area contributed by atoms with Gasteiger partial charge < -0.3 is 8.83 Å². The number of furan rings is 2. The second-order valence-corrected chi connectivity index (χ2v) is 13.2. The van der Waals surface area contributed by atoms with Crippen molar-refractivity contribution in [3.05, 3.63) is 173 Å². The van der Waals surface area contributed by atoms with Gasteiger partial charge in [-0.1, -0.05) is 97.1 Å². The predicted octanol–water partition coefficient (Wildman–Crippen LogP) is 12.5. The van der Waals surface area contributed by atoms with Gasteiger partial charge in [0.15, 0.2) is 0 Å². The highest BCUT2D eigenvalue weighted by atomic mass is 16.3. The molecule has 1 atom stereocenters. The molecule has 0 bridgehead atoms. The summed E-state index contributed by atoms with van der Waals surface area (Å²) in [6.07, 6.45) is 0. The summed E-state index contributed by atoms with van der Waals surface area (Å²) >= 11 is 0. The maximum Gasteiger partial charge on any atom is 0.136 e. The van der Waals surface area contributed by atoms with Crippen LogP contribution in [0.4, 0.5) is 5.69 Å². The summed E-state index contributed by atoms with van der Waals surface area (Å²) in [6, 6.07) is 49.3. The number of allylic oxidation sites excluding steroid dienone is 1. The van der Waals surface area contributed by atoms with Crippen LogP contribution in [0.15, 0.2) is 165 Å². The second-order valence-electron chi connectivity index (χ2n) is 13.2. The number of rotatable bonds is 2. The van der Waals surface area contributed by atoms with Gasteiger partial charge >= 0.3 is 0 Å². The first-order valence-corrected chi connectivity index (χ1v) is 16.7. The zero-order valence-electron chi connectivity index (χ0n) is 26.6. The molecule has 0 saturated heterocycles. The van der Waals surface area contributed by atoms with Gasteiger partial charge in [-0.25, -0.2) is 4.99 Å². The summed E-state index contributed by atoms with van der Waals surface area (Å²) in [7, 11) is 0. The summed E-state index contributed by atoms with van der Waals surface area (Å²) in [4.78, 5) is 5.45. The van der Waals surface area contributed by atoms with Crippen LogP contribution in [0.5, 0.6) is 0 Å². The Morgan fingerprint density at radius 1 is 0.531 bits per heavy atom. The van der Waals surface area contributed by atoms with E-state index in [1.807, 2.05) is 12.1 Å². The highest BCUT2D eigenvalue weighted by Crippen LogP contribution is 2.52. The summed E-state index contributed by atoms with van der Waals surface area (Å²) in [5, 5.41) is 6.94. The van der Waals surface area contributed by atoms with E-state index in [4.69, 9.17) is 13.8 Å². The van der Waals surface area contributed by atoms with Crippen LogP contribution in [0.1, 0.15) is 35.1 Å². The average molecular weight is 626 g/mol. The lowest BCUT2D eigenvalue weighted by molar-refractivity contribution is 0.668. The average Bonchev–Trinajstić information content (AvgIpc) is 3.77. The highest BCUT2D eigenvalue weighted by Gasteiger charge is 2.35. The standard InChI is InChI=1S/C46H27NO2/c1-26-22-38(46(47-39-16-8-6-11-29(26)39)28-18-20-33-32-14-7-9-17-40(32)48-42(33)23-28)44-34-15-5-4-13-31(34)35-24-37-43(25-36(35)44)49-41-21-19-27-10-2-3-12-30(27)45(37)41/h2-21,23-25,44H,1H3. The first kappa shape index (κ1) is 26.6. The number of hydrogen-bond donors (Lipinski definition) is 0. The van der Waals surface area contributed by atoms with Crippen molar-refractivity contribution in [2.75, 3.05) is 0 Å². The number of aliphatic imine (C=N–C) groups is 1. The minimum atomic E-state index is -0.102. The Hall–Kier alpha value is -6.41. The van der Waals surface area contributed by atoms with Gasteiger partial charge in [-0.05, 0) is 82.4 Å². The first-order valence-electron chi connectivity index (χ1n) is 16.7. The Kier molecular flexibility index (Phi) is 5.33. The lowest BCUT2D eigenvalue weighted by atomic mass is 9.84. The van der Waals surface area contributed by atoms with Gasteiger partial charge in [0.1, 0.15) is 22.3 Å². The summed E-state index contributed by atoms with van der Waals surface area (Å²) < 4.78 is 13.0. The molecule has 0 fully saturated rings. The maximum atomic E-state index is 6.63. The monoisotopic (exact) mass is 625 g/mol. The van der Waals surface area contributed by atoms with E-state index in [1.54, 1.807) is 0 Å². The van der Waals surface area contributed by atoms with Crippen molar-refractivity contribution in [3.8, 4) is 11.1 Å². The number of hydrogen-bond acceptors (Lipinski definition) is 3. The Morgan fingerprint density at radius 3 is 2.20 bits per heavy atom. The fourth-order valence-electron chi connectivity index (χ4n) is 8.25. The van der Waals surface area contributed by atoms with E-state index < -0.39 is 0 Å². The van der Waals surface area contributed by atoms with Crippen LogP contribution in [0.25, 0.3) is 71.3 Å². The van der Waals surface area contributed by atoms with Gasteiger partial charge in [-0.2, -0.15) is 0 Å². The minimum absolute atomic E-state index is 0.102. The molecule has 2 aliphatic rings. The van der Waals surface area contributed by atoms with Gasteiger partial charge in [0.25, 0.3) is 0 Å². The molecule has 11 rings (SSSR count). The lowest BCUT2D eigenvalue weighted by Crippen LogP contribution is -2.12. The zero-order chi connectivity index (χ0) is 32.2. The number of benzene rings is 7. The molecule has 2 aromatic heterocycles. The molecule has 3 nitrogen and oxygen atoms in total. The molecule has 3 heteroatoms. The largest absolute Gasteiger partial charge is 0.456 e. The van der Waals surface area contributed by atoms with Gasteiger partial charge in [-0.3, -0.25) is 0 Å². The normalized spacial score (nSPS) is 15.3. The molecule has 228 valence electrons. The topological polar surface area (TPSA) is 38.6 Å².